The van der Waals surface area contributed by atoms with Crippen LogP contribution in [0, 0.1) is 0 Å². The number of rotatable bonds is 6. The van der Waals surface area contributed by atoms with E-state index in [1.165, 1.54) is 36.8 Å². The lowest BCUT2D eigenvalue weighted by Gasteiger charge is -2.17. The third-order valence-electron chi connectivity index (χ3n) is 7.09. The molecule has 0 aliphatic carbocycles. The predicted molar refractivity (Wildman–Crippen MR) is 131 cm³/mol. The van der Waals surface area contributed by atoms with E-state index in [1.807, 2.05) is 6.07 Å². The Morgan fingerprint density at radius 3 is 1.91 bits per heavy atom. The van der Waals surface area contributed by atoms with Gasteiger partial charge in [0.25, 0.3) is 0 Å². The van der Waals surface area contributed by atoms with Crippen LogP contribution in [0.15, 0.2) is 58.5 Å². The molecule has 4 atom stereocenters. The van der Waals surface area contributed by atoms with Gasteiger partial charge in [-0.1, -0.05) is 24.3 Å². The van der Waals surface area contributed by atoms with Crippen molar-refractivity contribution < 1.29 is 4.74 Å². The van der Waals surface area contributed by atoms with Crippen molar-refractivity contribution in [2.45, 2.75) is 49.9 Å². The molecule has 6 rings (SSSR count). The minimum Gasteiger partial charge on any atom is -0.457 e. The van der Waals surface area contributed by atoms with Gasteiger partial charge in [0.2, 0.25) is 0 Å². The first-order valence-corrected chi connectivity index (χ1v) is 12.3. The second-order valence-corrected chi connectivity index (χ2v) is 9.39. The van der Waals surface area contributed by atoms with E-state index in [9.17, 15) is 0 Å². The Balaban J connectivity index is 1.06. The highest BCUT2D eigenvalue weighted by Gasteiger charge is 2.28. The number of nitrogens with one attached hydrogen (secondary N) is 4. The molecular formula is C26H32N6O. The Bertz CT molecular complexity index is 1040. The Kier molecular flexibility index (Phi) is 5.74. The zero-order valence-corrected chi connectivity index (χ0v) is 18.9. The summed E-state index contributed by atoms with van der Waals surface area (Å²) >= 11 is 0. The molecule has 7 nitrogen and oxygen atoms in total. The number of hydrogen-bond acceptors (Lipinski definition) is 7. The highest BCUT2D eigenvalue weighted by atomic mass is 16.5. The van der Waals surface area contributed by atoms with Crippen LogP contribution in [0.25, 0.3) is 0 Å². The fourth-order valence-electron chi connectivity index (χ4n) is 5.25. The molecule has 172 valence electrons. The second-order valence-electron chi connectivity index (χ2n) is 9.39. The monoisotopic (exact) mass is 444 g/mol. The zero-order chi connectivity index (χ0) is 22.0. The van der Waals surface area contributed by atoms with Gasteiger partial charge in [-0.15, -0.1) is 0 Å². The van der Waals surface area contributed by atoms with Crippen molar-refractivity contribution in [3.05, 3.63) is 59.7 Å². The van der Waals surface area contributed by atoms with Crippen molar-refractivity contribution in [1.29, 1.82) is 0 Å². The van der Waals surface area contributed by atoms with Gasteiger partial charge in [0.15, 0.2) is 0 Å². The van der Waals surface area contributed by atoms with Crippen molar-refractivity contribution in [2.24, 2.45) is 9.98 Å². The number of aliphatic imine (C=N–C) groups is 2. The van der Waals surface area contributed by atoms with Gasteiger partial charge in [0.1, 0.15) is 23.2 Å². The molecule has 2 aromatic rings. The SMILES string of the molecule is c1cc(Oc2ccc(C3CN=C([C@@H]4CCCN4)N3)cc2)cc(C2CN=C([C@@H]3CCCN3)N2)c1. The first-order chi connectivity index (χ1) is 16.3. The topological polar surface area (TPSA) is 82.1 Å². The molecule has 0 spiro atoms. The Morgan fingerprint density at radius 1 is 0.667 bits per heavy atom. The molecule has 4 aliphatic heterocycles. The van der Waals surface area contributed by atoms with Crippen LogP contribution in [0.1, 0.15) is 48.9 Å². The lowest BCUT2D eigenvalue weighted by Crippen LogP contribution is -2.38. The van der Waals surface area contributed by atoms with Crippen molar-refractivity contribution in [3.63, 3.8) is 0 Å². The van der Waals surface area contributed by atoms with Crippen LogP contribution < -0.4 is 26.0 Å². The van der Waals surface area contributed by atoms with Gasteiger partial charge >= 0.3 is 0 Å². The van der Waals surface area contributed by atoms with Gasteiger partial charge in [-0.05, 0) is 74.2 Å². The van der Waals surface area contributed by atoms with E-state index in [2.05, 4.69) is 63.7 Å². The van der Waals surface area contributed by atoms with Crippen LogP contribution in [0.3, 0.4) is 0 Å². The summed E-state index contributed by atoms with van der Waals surface area (Å²) < 4.78 is 6.19. The fraction of sp³-hybridized carbons (Fsp3) is 0.462. The Labute approximate surface area is 195 Å². The summed E-state index contributed by atoms with van der Waals surface area (Å²) in [6.07, 6.45) is 4.79. The van der Waals surface area contributed by atoms with E-state index in [1.54, 1.807) is 0 Å². The number of ether oxygens (including phenoxy) is 1. The molecule has 33 heavy (non-hydrogen) atoms. The molecule has 0 saturated carbocycles. The number of hydrogen-bond donors (Lipinski definition) is 4. The Morgan fingerprint density at radius 2 is 1.30 bits per heavy atom. The van der Waals surface area contributed by atoms with Crippen molar-refractivity contribution in [2.75, 3.05) is 26.2 Å². The van der Waals surface area contributed by atoms with Gasteiger partial charge in [0, 0.05) is 0 Å². The average molecular weight is 445 g/mol. The number of benzene rings is 2. The summed E-state index contributed by atoms with van der Waals surface area (Å²) in [6.45, 7) is 3.75. The molecule has 2 fully saturated rings. The smallest absolute Gasteiger partial charge is 0.127 e. The first-order valence-electron chi connectivity index (χ1n) is 12.3. The molecule has 0 aromatic heterocycles. The average Bonchev–Trinajstić information content (AvgIpc) is 3.65. The number of nitrogens with zero attached hydrogens (tertiary/aromatic N) is 2. The lowest BCUT2D eigenvalue weighted by atomic mass is 10.1. The van der Waals surface area contributed by atoms with E-state index in [4.69, 9.17) is 14.7 Å². The summed E-state index contributed by atoms with van der Waals surface area (Å²) in [6, 6.07) is 18.0. The molecule has 2 unspecified atom stereocenters. The minimum atomic E-state index is 0.213. The minimum absolute atomic E-state index is 0.213. The normalized spacial score (nSPS) is 28.8. The van der Waals surface area contributed by atoms with Crippen molar-refractivity contribution in [3.8, 4) is 11.5 Å². The molecule has 2 saturated heterocycles. The molecular weight excluding hydrogens is 412 g/mol. The standard InChI is InChI=1S/C26H32N6O/c1-4-18(24-16-30-26(32-24)22-7-3-13-28-22)14-20(5-1)33-19-10-8-17(9-11-19)23-15-29-25(31-23)21-6-2-12-27-21/h1,4-5,8-11,14,21-24,27-28H,2-3,6-7,12-13,15-16H2,(H,29,31)(H,30,32)/t21-,22-,23?,24?/m0/s1. The highest BCUT2D eigenvalue weighted by Crippen LogP contribution is 2.28. The van der Waals surface area contributed by atoms with Crippen molar-refractivity contribution >= 4 is 11.7 Å². The summed E-state index contributed by atoms with van der Waals surface area (Å²) in [4.78, 5) is 9.49. The zero-order valence-electron chi connectivity index (χ0n) is 18.9. The molecule has 4 N–H and O–H groups in total. The predicted octanol–water partition coefficient (Wildman–Crippen LogP) is 3.07. The van der Waals surface area contributed by atoms with Gasteiger partial charge in [-0.2, -0.15) is 0 Å². The maximum atomic E-state index is 6.19. The summed E-state index contributed by atoms with van der Waals surface area (Å²) in [7, 11) is 0. The molecule has 2 aromatic carbocycles. The fourth-order valence-corrected chi connectivity index (χ4v) is 5.25. The summed E-state index contributed by atoms with van der Waals surface area (Å²) in [5, 5.41) is 14.3. The van der Waals surface area contributed by atoms with Gasteiger partial charge in [-0.25, -0.2) is 0 Å². The third-order valence-corrected chi connectivity index (χ3v) is 7.09. The number of amidine groups is 2. The Hall–Kier alpha value is -2.90. The van der Waals surface area contributed by atoms with E-state index in [0.717, 1.165) is 49.3 Å². The van der Waals surface area contributed by atoms with Crippen LogP contribution in [-0.4, -0.2) is 49.9 Å². The van der Waals surface area contributed by atoms with Crippen LogP contribution >= 0.6 is 0 Å². The van der Waals surface area contributed by atoms with E-state index >= 15 is 0 Å². The lowest BCUT2D eigenvalue weighted by molar-refractivity contribution is 0.480. The van der Waals surface area contributed by atoms with Crippen molar-refractivity contribution in [1.82, 2.24) is 21.3 Å². The van der Waals surface area contributed by atoms with Gasteiger partial charge in [-0.3, -0.25) is 9.98 Å². The van der Waals surface area contributed by atoms with Crippen LogP contribution in [0.2, 0.25) is 0 Å². The second kappa shape index (κ2) is 9.15. The van der Waals surface area contributed by atoms with E-state index < -0.39 is 0 Å². The first kappa shape index (κ1) is 20.7. The van der Waals surface area contributed by atoms with Crippen LogP contribution in [-0.2, 0) is 0 Å². The molecule has 0 radical (unpaired) electrons. The quantitative estimate of drug-likeness (QED) is 0.551. The highest BCUT2D eigenvalue weighted by molar-refractivity contribution is 5.90. The molecule has 0 bridgehead atoms. The maximum absolute atomic E-state index is 6.19. The largest absolute Gasteiger partial charge is 0.457 e. The van der Waals surface area contributed by atoms with Gasteiger partial charge in [0.05, 0.1) is 37.3 Å². The molecule has 4 aliphatic rings. The molecule has 4 heterocycles. The maximum Gasteiger partial charge on any atom is 0.127 e. The van der Waals surface area contributed by atoms with Gasteiger partial charge < -0.3 is 26.0 Å². The van der Waals surface area contributed by atoms with Crippen LogP contribution in [0.5, 0.6) is 11.5 Å². The van der Waals surface area contributed by atoms with E-state index in [0.29, 0.717) is 12.1 Å². The van der Waals surface area contributed by atoms with E-state index in [-0.39, 0.29) is 12.1 Å². The molecule has 0 amide bonds. The summed E-state index contributed by atoms with van der Waals surface area (Å²) in [5.41, 5.74) is 2.45. The van der Waals surface area contributed by atoms with Crippen LogP contribution in [0.4, 0.5) is 0 Å². The third kappa shape index (κ3) is 4.48. The molecule has 7 heteroatoms. The summed E-state index contributed by atoms with van der Waals surface area (Å²) in [5.74, 6) is 3.92.